The normalized spacial score (nSPS) is 12.8. The summed E-state index contributed by atoms with van der Waals surface area (Å²) in [5, 5.41) is 0. The third kappa shape index (κ3) is 2.96. The first kappa shape index (κ1) is 15.3. The molecule has 3 rings (SSSR count). The van der Waals surface area contributed by atoms with Crippen LogP contribution < -0.4 is 11.4 Å². The lowest BCUT2D eigenvalue weighted by Gasteiger charge is -2.16. The molecular weight excluding hydrogens is 513 g/mol. The van der Waals surface area contributed by atoms with Crippen LogP contribution in [-0.4, -0.2) is 9.97 Å². The first-order chi connectivity index (χ1) is 9.95. The SMILES string of the molecule is NC(c1cc(I)ccc1Br)c1cc2[nH]c(=O)[nH]c2cc1Br. The van der Waals surface area contributed by atoms with Gasteiger partial charge in [-0.3, -0.25) is 0 Å². The highest BCUT2D eigenvalue weighted by atomic mass is 127. The largest absolute Gasteiger partial charge is 0.323 e. The zero-order chi connectivity index (χ0) is 15.1. The minimum atomic E-state index is -0.300. The molecular formula is C14H10Br2IN3O. The Labute approximate surface area is 150 Å². The molecule has 0 amide bonds. The van der Waals surface area contributed by atoms with E-state index in [1.165, 1.54) is 0 Å². The van der Waals surface area contributed by atoms with Gasteiger partial charge in [0.15, 0.2) is 0 Å². The van der Waals surface area contributed by atoms with E-state index in [1.807, 2.05) is 30.3 Å². The van der Waals surface area contributed by atoms with E-state index in [4.69, 9.17) is 5.73 Å². The van der Waals surface area contributed by atoms with Crippen molar-refractivity contribution in [2.45, 2.75) is 6.04 Å². The third-order valence-electron chi connectivity index (χ3n) is 3.26. The van der Waals surface area contributed by atoms with Gasteiger partial charge in [0.1, 0.15) is 0 Å². The lowest BCUT2D eigenvalue weighted by Crippen LogP contribution is -2.13. The molecule has 0 radical (unpaired) electrons. The summed E-state index contributed by atoms with van der Waals surface area (Å²) in [4.78, 5) is 16.9. The van der Waals surface area contributed by atoms with Crippen molar-refractivity contribution in [2.24, 2.45) is 5.73 Å². The van der Waals surface area contributed by atoms with Crippen LogP contribution in [0.5, 0.6) is 0 Å². The van der Waals surface area contributed by atoms with Crippen LogP contribution in [0.15, 0.2) is 44.1 Å². The molecule has 4 nitrogen and oxygen atoms in total. The molecule has 0 saturated heterocycles. The van der Waals surface area contributed by atoms with Crippen molar-refractivity contribution in [3.05, 3.63) is 64.5 Å². The monoisotopic (exact) mass is 521 g/mol. The first-order valence-corrected chi connectivity index (χ1v) is 8.74. The maximum Gasteiger partial charge on any atom is 0.323 e. The number of hydrogen-bond donors (Lipinski definition) is 3. The van der Waals surface area contributed by atoms with Gasteiger partial charge in [0.2, 0.25) is 0 Å². The molecule has 108 valence electrons. The molecule has 0 aliphatic rings. The number of benzene rings is 2. The van der Waals surface area contributed by atoms with Crippen molar-refractivity contribution in [3.63, 3.8) is 0 Å². The van der Waals surface area contributed by atoms with Crippen LogP contribution in [0.25, 0.3) is 11.0 Å². The number of hydrogen-bond acceptors (Lipinski definition) is 2. The summed E-state index contributed by atoms with van der Waals surface area (Å²) in [6, 6.07) is 9.51. The van der Waals surface area contributed by atoms with E-state index in [2.05, 4.69) is 64.4 Å². The Bertz CT molecular complexity index is 888. The van der Waals surface area contributed by atoms with Crippen LogP contribution >= 0.6 is 54.5 Å². The van der Waals surface area contributed by atoms with Crippen LogP contribution in [0.2, 0.25) is 0 Å². The number of aromatic nitrogens is 2. The topological polar surface area (TPSA) is 74.7 Å². The number of fused-ring (bicyclic) bond motifs is 1. The predicted molar refractivity (Wildman–Crippen MR) is 99.5 cm³/mol. The van der Waals surface area contributed by atoms with Crippen molar-refractivity contribution in [1.82, 2.24) is 9.97 Å². The fourth-order valence-electron chi connectivity index (χ4n) is 2.23. The summed E-state index contributed by atoms with van der Waals surface area (Å²) in [5.41, 5.74) is 9.61. The first-order valence-electron chi connectivity index (χ1n) is 6.07. The van der Waals surface area contributed by atoms with E-state index in [9.17, 15) is 4.79 Å². The van der Waals surface area contributed by atoms with Crippen LogP contribution in [-0.2, 0) is 0 Å². The highest BCUT2D eigenvalue weighted by molar-refractivity contribution is 14.1. The molecule has 21 heavy (non-hydrogen) atoms. The van der Waals surface area contributed by atoms with Crippen molar-refractivity contribution < 1.29 is 0 Å². The third-order valence-corrected chi connectivity index (χ3v) is 5.34. The van der Waals surface area contributed by atoms with E-state index >= 15 is 0 Å². The van der Waals surface area contributed by atoms with Gasteiger partial charge < -0.3 is 15.7 Å². The summed E-state index contributed by atoms with van der Waals surface area (Å²) in [5.74, 6) is 0. The second-order valence-electron chi connectivity index (χ2n) is 4.64. The molecule has 0 spiro atoms. The van der Waals surface area contributed by atoms with Gasteiger partial charge in [0.05, 0.1) is 17.1 Å². The molecule has 0 aliphatic carbocycles. The van der Waals surface area contributed by atoms with Crippen molar-refractivity contribution in [2.75, 3.05) is 0 Å². The minimum Gasteiger partial charge on any atom is -0.320 e. The van der Waals surface area contributed by atoms with Crippen LogP contribution in [0.4, 0.5) is 0 Å². The zero-order valence-electron chi connectivity index (χ0n) is 10.6. The van der Waals surface area contributed by atoms with E-state index in [0.29, 0.717) is 0 Å². The number of H-pyrrole nitrogens is 2. The van der Waals surface area contributed by atoms with Crippen LogP contribution in [0, 0.1) is 3.57 Å². The highest BCUT2D eigenvalue weighted by Crippen LogP contribution is 2.33. The quantitative estimate of drug-likeness (QED) is 0.445. The van der Waals surface area contributed by atoms with Crippen LogP contribution in [0.3, 0.4) is 0 Å². The van der Waals surface area contributed by atoms with Crippen molar-refractivity contribution >= 4 is 65.5 Å². The fourth-order valence-corrected chi connectivity index (χ4v) is 3.83. The lowest BCUT2D eigenvalue weighted by molar-refractivity contribution is 0.861. The average Bonchev–Trinajstić information content (AvgIpc) is 2.79. The predicted octanol–water partition coefficient (Wildman–Crippen LogP) is 4.03. The molecule has 0 bridgehead atoms. The van der Waals surface area contributed by atoms with Crippen molar-refractivity contribution in [3.8, 4) is 0 Å². The number of imidazole rings is 1. The smallest absolute Gasteiger partial charge is 0.320 e. The Morgan fingerprint density at radius 1 is 1.00 bits per heavy atom. The molecule has 0 fully saturated rings. The molecule has 1 unspecified atom stereocenters. The molecule has 4 N–H and O–H groups in total. The molecule has 1 heterocycles. The number of nitrogens with two attached hydrogens (primary N) is 1. The van der Waals surface area contributed by atoms with Gasteiger partial charge >= 0.3 is 5.69 Å². The van der Waals surface area contributed by atoms with E-state index in [-0.39, 0.29) is 11.7 Å². The average molecular weight is 523 g/mol. The van der Waals surface area contributed by atoms with Crippen LogP contribution in [0.1, 0.15) is 17.2 Å². The van der Waals surface area contributed by atoms with Gasteiger partial charge in [-0.15, -0.1) is 0 Å². The number of aromatic amines is 2. The van der Waals surface area contributed by atoms with Gasteiger partial charge in [0.25, 0.3) is 0 Å². The van der Waals surface area contributed by atoms with E-state index < -0.39 is 0 Å². The van der Waals surface area contributed by atoms with E-state index in [1.54, 1.807) is 0 Å². The molecule has 0 saturated carbocycles. The summed E-state index contributed by atoms with van der Waals surface area (Å²) in [6.45, 7) is 0. The summed E-state index contributed by atoms with van der Waals surface area (Å²) >= 11 is 9.34. The molecule has 0 aliphatic heterocycles. The standard InChI is InChI=1S/C14H10Br2IN3O/c15-9-2-1-6(17)3-7(9)13(18)8-4-11-12(5-10(8)16)20-14(21)19-11/h1-5,13H,18H2,(H2,19,20,21). The summed E-state index contributed by atoms with van der Waals surface area (Å²) in [7, 11) is 0. The maximum atomic E-state index is 11.4. The molecule has 7 heteroatoms. The number of rotatable bonds is 2. The fraction of sp³-hybridized carbons (Fsp3) is 0.0714. The highest BCUT2D eigenvalue weighted by Gasteiger charge is 2.17. The molecule has 1 aromatic heterocycles. The van der Waals surface area contributed by atoms with E-state index in [0.717, 1.165) is 34.7 Å². The maximum absolute atomic E-state index is 11.4. The lowest BCUT2D eigenvalue weighted by atomic mass is 9.99. The zero-order valence-corrected chi connectivity index (χ0v) is 15.9. The van der Waals surface area contributed by atoms with Crippen molar-refractivity contribution in [1.29, 1.82) is 0 Å². The Morgan fingerprint density at radius 2 is 1.62 bits per heavy atom. The Morgan fingerprint density at radius 3 is 2.33 bits per heavy atom. The molecule has 1 atom stereocenters. The summed E-state index contributed by atoms with van der Waals surface area (Å²) in [6.07, 6.45) is 0. The minimum absolute atomic E-state index is 0.224. The number of nitrogens with one attached hydrogen (secondary N) is 2. The van der Waals surface area contributed by atoms with Gasteiger partial charge in [-0.1, -0.05) is 31.9 Å². The van der Waals surface area contributed by atoms with Gasteiger partial charge in [-0.05, 0) is 64.0 Å². The number of halogens is 3. The molecule has 3 aromatic rings. The van der Waals surface area contributed by atoms with Gasteiger partial charge in [-0.25, -0.2) is 4.79 Å². The molecule has 2 aromatic carbocycles. The summed E-state index contributed by atoms with van der Waals surface area (Å²) < 4.78 is 2.95. The Kier molecular flexibility index (Phi) is 4.26. The van der Waals surface area contributed by atoms with Gasteiger partial charge in [-0.2, -0.15) is 0 Å². The Balaban J connectivity index is 2.16. The van der Waals surface area contributed by atoms with Gasteiger partial charge in [0, 0.05) is 12.5 Å². The second-order valence-corrected chi connectivity index (χ2v) is 7.60. The Hall–Kier alpha value is -0.640. The second kappa shape index (κ2) is 5.86.